The van der Waals surface area contributed by atoms with Crippen molar-refractivity contribution in [1.82, 2.24) is 9.91 Å². The summed E-state index contributed by atoms with van der Waals surface area (Å²) in [6, 6.07) is 10.3. The van der Waals surface area contributed by atoms with Gasteiger partial charge >= 0.3 is 0 Å². The molecule has 10 heteroatoms. The predicted molar refractivity (Wildman–Crippen MR) is 127 cm³/mol. The molecule has 2 aliphatic rings. The Morgan fingerprint density at radius 3 is 2.30 bits per heavy atom. The van der Waals surface area contributed by atoms with Gasteiger partial charge < -0.3 is 14.2 Å². The van der Waals surface area contributed by atoms with Gasteiger partial charge in [0, 0.05) is 25.1 Å². The van der Waals surface area contributed by atoms with Crippen LogP contribution in [0.3, 0.4) is 0 Å². The van der Waals surface area contributed by atoms with Gasteiger partial charge in [-0.15, -0.1) is 5.10 Å². The first kappa shape index (κ1) is 22.8. The van der Waals surface area contributed by atoms with E-state index in [0.717, 1.165) is 0 Å². The van der Waals surface area contributed by atoms with Gasteiger partial charge in [-0.05, 0) is 24.5 Å². The summed E-state index contributed by atoms with van der Waals surface area (Å²) in [6.07, 6.45) is 1.10. The van der Waals surface area contributed by atoms with Crippen molar-refractivity contribution < 1.29 is 23.8 Å². The van der Waals surface area contributed by atoms with Gasteiger partial charge in [-0.1, -0.05) is 30.0 Å². The number of carbonyl (C=O) groups is 2. The van der Waals surface area contributed by atoms with Crippen LogP contribution in [0.5, 0.6) is 17.2 Å². The normalized spacial score (nSPS) is 19.5. The van der Waals surface area contributed by atoms with Crippen molar-refractivity contribution in [3.8, 4) is 17.2 Å². The highest BCUT2D eigenvalue weighted by Gasteiger charge is 2.49. The van der Waals surface area contributed by atoms with E-state index in [1.54, 1.807) is 35.0 Å². The summed E-state index contributed by atoms with van der Waals surface area (Å²) in [6.45, 7) is 1.49. The summed E-state index contributed by atoms with van der Waals surface area (Å²) in [4.78, 5) is 29.8. The highest BCUT2D eigenvalue weighted by Crippen LogP contribution is 2.52. The van der Waals surface area contributed by atoms with Crippen LogP contribution in [-0.4, -0.2) is 61.5 Å². The molecule has 2 atom stereocenters. The molecular weight excluding hydrogens is 444 g/mol. The molecule has 0 N–H and O–H groups in total. The number of fused-ring (bicyclic) bond motifs is 3. The second kappa shape index (κ2) is 8.86. The first-order valence-electron chi connectivity index (χ1n) is 10.3. The van der Waals surface area contributed by atoms with Gasteiger partial charge in [0.1, 0.15) is 0 Å². The quantitative estimate of drug-likeness (QED) is 0.678. The molecule has 2 aromatic rings. The molecule has 0 bridgehead atoms. The number of thioether (sulfide) groups is 1. The SMILES string of the molecule is COc1ccc(C2N(C(C)=O)c3ccccc3C3C(=O)N(C)C(SC)=NN32)c(OC)c1OC. The number of rotatable bonds is 4. The molecule has 2 heterocycles. The molecule has 0 aliphatic carbocycles. The largest absolute Gasteiger partial charge is 0.493 e. The van der Waals surface area contributed by atoms with Crippen molar-refractivity contribution in [2.24, 2.45) is 5.10 Å². The van der Waals surface area contributed by atoms with Crippen LogP contribution in [0, 0.1) is 0 Å². The Labute approximate surface area is 196 Å². The summed E-state index contributed by atoms with van der Waals surface area (Å²) < 4.78 is 16.8. The number of likely N-dealkylation sites (N-methyl/N-ethyl adjacent to an activating group) is 1. The third kappa shape index (κ3) is 3.45. The standard InChI is InChI=1S/C23H26N4O5S/c1-13(28)26-16-10-8-7-9-14(16)18-22(29)25(2)23(33-6)24-27(18)21(26)15-11-12-17(30-3)20(32-5)19(15)31-4/h7-12,18,21H,1-6H3. The minimum absolute atomic E-state index is 0.130. The number of amides is 2. The lowest BCUT2D eigenvalue weighted by Gasteiger charge is -2.49. The van der Waals surface area contributed by atoms with Crippen molar-refractivity contribution in [1.29, 1.82) is 0 Å². The number of carbonyl (C=O) groups excluding carboxylic acids is 2. The number of hydrogen-bond donors (Lipinski definition) is 0. The zero-order chi connectivity index (χ0) is 23.9. The Kier molecular flexibility index (Phi) is 6.11. The molecule has 0 saturated heterocycles. The molecule has 4 rings (SSSR count). The van der Waals surface area contributed by atoms with Gasteiger partial charge in [0.15, 0.2) is 28.9 Å². The third-order valence-electron chi connectivity index (χ3n) is 5.84. The molecule has 33 heavy (non-hydrogen) atoms. The van der Waals surface area contributed by atoms with Crippen LogP contribution in [0.25, 0.3) is 0 Å². The molecule has 0 spiro atoms. The van der Waals surface area contributed by atoms with Gasteiger partial charge in [0.05, 0.1) is 27.0 Å². The number of nitrogens with zero attached hydrogens (tertiary/aromatic N) is 4. The molecule has 2 aromatic carbocycles. The Balaban J connectivity index is 2.05. The van der Waals surface area contributed by atoms with E-state index in [2.05, 4.69) is 0 Å². The van der Waals surface area contributed by atoms with Crippen LogP contribution in [0.15, 0.2) is 41.5 Å². The van der Waals surface area contributed by atoms with E-state index >= 15 is 0 Å². The fourth-order valence-corrected chi connectivity index (χ4v) is 4.94. The second-order valence-electron chi connectivity index (χ2n) is 7.51. The Hall–Kier alpha value is -3.40. The van der Waals surface area contributed by atoms with E-state index in [1.807, 2.05) is 36.6 Å². The lowest BCUT2D eigenvalue weighted by Crippen LogP contribution is -2.55. The molecule has 0 radical (unpaired) electrons. The van der Waals surface area contributed by atoms with E-state index in [-0.39, 0.29) is 11.8 Å². The van der Waals surface area contributed by atoms with Crippen molar-refractivity contribution in [2.45, 2.75) is 19.1 Å². The van der Waals surface area contributed by atoms with Gasteiger partial charge in [-0.3, -0.25) is 24.4 Å². The summed E-state index contributed by atoms with van der Waals surface area (Å²) in [5.74, 6) is 0.955. The van der Waals surface area contributed by atoms with E-state index in [9.17, 15) is 9.59 Å². The smallest absolute Gasteiger partial charge is 0.257 e. The minimum atomic E-state index is -0.753. The second-order valence-corrected chi connectivity index (χ2v) is 8.28. The van der Waals surface area contributed by atoms with Crippen molar-refractivity contribution in [3.05, 3.63) is 47.5 Å². The van der Waals surface area contributed by atoms with E-state index in [1.165, 1.54) is 32.9 Å². The van der Waals surface area contributed by atoms with Crippen molar-refractivity contribution in [3.63, 3.8) is 0 Å². The predicted octanol–water partition coefficient (Wildman–Crippen LogP) is 3.23. The highest BCUT2D eigenvalue weighted by atomic mass is 32.2. The number of methoxy groups -OCH3 is 3. The number of benzene rings is 2. The van der Waals surface area contributed by atoms with Crippen LogP contribution < -0.4 is 19.1 Å². The van der Waals surface area contributed by atoms with Crippen LogP contribution in [0.4, 0.5) is 5.69 Å². The van der Waals surface area contributed by atoms with Crippen molar-refractivity contribution in [2.75, 3.05) is 39.5 Å². The first-order valence-corrected chi connectivity index (χ1v) is 11.5. The maximum Gasteiger partial charge on any atom is 0.257 e. The zero-order valence-corrected chi connectivity index (χ0v) is 20.2. The van der Waals surface area contributed by atoms with Gasteiger partial charge in [0.25, 0.3) is 5.91 Å². The molecule has 174 valence electrons. The molecule has 0 fully saturated rings. The number of amidine groups is 1. The number of ether oxygens (including phenoxy) is 3. The number of hydrogen-bond acceptors (Lipinski definition) is 8. The summed E-state index contributed by atoms with van der Waals surface area (Å²) in [5, 5.41) is 7.03. The average molecular weight is 471 g/mol. The zero-order valence-electron chi connectivity index (χ0n) is 19.4. The maximum atomic E-state index is 13.5. The van der Waals surface area contributed by atoms with Gasteiger partial charge in [0.2, 0.25) is 11.7 Å². The average Bonchev–Trinajstić information content (AvgIpc) is 2.83. The highest BCUT2D eigenvalue weighted by molar-refractivity contribution is 8.13. The maximum absolute atomic E-state index is 13.5. The summed E-state index contributed by atoms with van der Waals surface area (Å²) in [7, 11) is 6.30. The molecule has 0 saturated carbocycles. The minimum Gasteiger partial charge on any atom is -0.493 e. The monoisotopic (exact) mass is 470 g/mol. The summed E-state index contributed by atoms with van der Waals surface area (Å²) in [5.41, 5.74) is 1.98. The fourth-order valence-electron chi connectivity index (χ4n) is 4.40. The Morgan fingerprint density at radius 1 is 1.00 bits per heavy atom. The van der Waals surface area contributed by atoms with Crippen LogP contribution in [0.1, 0.15) is 30.3 Å². The Morgan fingerprint density at radius 2 is 1.70 bits per heavy atom. The molecule has 2 amide bonds. The number of hydrazone groups is 1. The number of anilines is 1. The first-order chi connectivity index (χ1) is 15.9. The molecular formula is C23H26N4O5S. The topological polar surface area (TPSA) is 83.9 Å². The third-order valence-corrected chi connectivity index (χ3v) is 6.56. The number of para-hydroxylation sites is 1. The van der Waals surface area contributed by atoms with Crippen LogP contribution in [-0.2, 0) is 9.59 Å². The van der Waals surface area contributed by atoms with Gasteiger partial charge in [-0.2, -0.15) is 0 Å². The van der Waals surface area contributed by atoms with E-state index in [0.29, 0.717) is 39.2 Å². The fraction of sp³-hybridized carbons (Fsp3) is 0.348. The van der Waals surface area contributed by atoms with Crippen LogP contribution >= 0.6 is 11.8 Å². The van der Waals surface area contributed by atoms with Gasteiger partial charge in [-0.25, -0.2) is 0 Å². The lowest BCUT2D eigenvalue weighted by molar-refractivity contribution is -0.136. The molecule has 2 aliphatic heterocycles. The molecule has 0 aromatic heterocycles. The molecule has 2 unspecified atom stereocenters. The van der Waals surface area contributed by atoms with Crippen LogP contribution in [0.2, 0.25) is 0 Å². The van der Waals surface area contributed by atoms with Crippen molar-refractivity contribution >= 4 is 34.4 Å². The lowest BCUT2D eigenvalue weighted by atomic mass is 9.94. The summed E-state index contributed by atoms with van der Waals surface area (Å²) >= 11 is 1.36. The van der Waals surface area contributed by atoms with E-state index in [4.69, 9.17) is 19.3 Å². The Bertz CT molecular complexity index is 1140. The van der Waals surface area contributed by atoms with E-state index < -0.39 is 12.2 Å². The molecule has 9 nitrogen and oxygen atoms in total.